The van der Waals surface area contributed by atoms with E-state index in [0.29, 0.717) is 23.7 Å². The van der Waals surface area contributed by atoms with Crippen LogP contribution in [0.5, 0.6) is 0 Å². The molecule has 0 aliphatic carbocycles. The molecule has 5 rings (SSSR count). The van der Waals surface area contributed by atoms with Gasteiger partial charge in [0.05, 0.1) is 11.6 Å². The van der Waals surface area contributed by atoms with Gasteiger partial charge in [-0.15, -0.1) is 0 Å². The highest BCUT2D eigenvalue weighted by atomic mass is 35.5. The van der Waals surface area contributed by atoms with Gasteiger partial charge in [0.1, 0.15) is 11.6 Å². The maximum Gasteiger partial charge on any atom is 0.214 e. The number of hydrogen-bond donors (Lipinski definition) is 1. The lowest BCUT2D eigenvalue weighted by molar-refractivity contribution is -0.0429. The van der Waals surface area contributed by atoms with E-state index in [-0.39, 0.29) is 18.2 Å². The van der Waals surface area contributed by atoms with Gasteiger partial charge in [-0.25, -0.2) is 8.78 Å². The molecule has 2 aliphatic heterocycles. The molecule has 3 aromatic rings. The Hall–Kier alpha value is -2.00. The van der Waals surface area contributed by atoms with Crippen molar-refractivity contribution in [3.05, 3.63) is 106 Å². The molecule has 2 unspecified atom stereocenters. The Morgan fingerprint density at radius 2 is 1.46 bits per heavy atom. The molecular weight excluding hydrogens is 492 g/mol. The van der Waals surface area contributed by atoms with Gasteiger partial charge in [-0.1, -0.05) is 48.0 Å². The highest BCUT2D eigenvalue weighted by molar-refractivity contribution is 7.90. The second-order valence-corrected chi connectivity index (χ2v) is 10.7. The van der Waals surface area contributed by atoms with Gasteiger partial charge in [-0.3, -0.25) is 13.3 Å². The average molecular weight is 518 g/mol. The van der Waals surface area contributed by atoms with Crippen LogP contribution in [-0.2, 0) is 8.37 Å². The van der Waals surface area contributed by atoms with Gasteiger partial charge in [-0.2, -0.15) is 0 Å². The average Bonchev–Trinajstić information content (AvgIpc) is 2.71. The van der Waals surface area contributed by atoms with Crippen LogP contribution in [0.1, 0.15) is 54.4 Å². The third kappa shape index (κ3) is 5.26. The first-order valence-corrected chi connectivity index (χ1v) is 12.5. The largest absolute Gasteiger partial charge is 0.390 e. The molecule has 0 spiro atoms. The molecule has 2 heterocycles. The van der Waals surface area contributed by atoms with Crippen molar-refractivity contribution in [2.24, 2.45) is 5.92 Å². The van der Waals surface area contributed by atoms with Gasteiger partial charge < -0.3 is 5.11 Å². The van der Waals surface area contributed by atoms with Crippen LogP contribution in [0.15, 0.2) is 66.7 Å². The van der Waals surface area contributed by atoms with Crippen LogP contribution >= 0.6 is 23.9 Å². The van der Waals surface area contributed by atoms with Crippen molar-refractivity contribution in [3.63, 3.8) is 0 Å². The van der Waals surface area contributed by atoms with Gasteiger partial charge in [-0.05, 0) is 60.7 Å². The lowest BCUT2D eigenvalue weighted by atomic mass is 9.71. The van der Waals surface area contributed by atoms with E-state index in [1.54, 1.807) is 13.8 Å². The summed E-state index contributed by atoms with van der Waals surface area (Å²) in [6, 6.07) is 19.4. The van der Waals surface area contributed by atoms with E-state index in [1.807, 2.05) is 36.4 Å². The molecule has 8 heteroatoms. The summed E-state index contributed by atoms with van der Waals surface area (Å²) in [4.78, 5) is 2.31. The zero-order valence-corrected chi connectivity index (χ0v) is 20.9. The van der Waals surface area contributed by atoms with E-state index in [9.17, 15) is 13.9 Å². The number of hydrogen-bond acceptors (Lipinski definition) is 5. The third-order valence-corrected chi connectivity index (χ3v) is 7.50. The minimum Gasteiger partial charge on any atom is -0.390 e. The molecule has 2 fully saturated rings. The SMILES string of the molecule is CC(C)(O)C(c1cc(F)cc(F)c1)C1CN(C(c2ccc(Cl)cc2)c2ccc(C3OSO3)cc2)C1. The van der Waals surface area contributed by atoms with E-state index < -0.39 is 23.2 Å². The first-order chi connectivity index (χ1) is 16.7. The Morgan fingerprint density at radius 3 is 1.94 bits per heavy atom. The summed E-state index contributed by atoms with van der Waals surface area (Å²) >= 11 is 7.13. The maximum absolute atomic E-state index is 14.0. The molecule has 184 valence electrons. The lowest BCUT2D eigenvalue weighted by Gasteiger charge is -2.50. The first kappa shape index (κ1) is 24.7. The van der Waals surface area contributed by atoms with Crippen molar-refractivity contribution in [2.75, 3.05) is 13.1 Å². The molecule has 2 atom stereocenters. The number of likely N-dealkylation sites (tertiary alicyclic amines) is 1. The third-order valence-electron chi connectivity index (χ3n) is 6.74. The molecule has 2 saturated heterocycles. The zero-order chi connectivity index (χ0) is 24.7. The fraction of sp³-hybridized carbons (Fsp3) is 0.333. The topological polar surface area (TPSA) is 41.9 Å². The number of rotatable bonds is 7. The summed E-state index contributed by atoms with van der Waals surface area (Å²) in [6.45, 7) is 4.71. The lowest BCUT2D eigenvalue weighted by Crippen LogP contribution is -2.54. The smallest absolute Gasteiger partial charge is 0.214 e. The van der Waals surface area contributed by atoms with Crippen LogP contribution in [0.3, 0.4) is 0 Å². The normalized spacial score (nSPS) is 19.1. The van der Waals surface area contributed by atoms with Gasteiger partial charge in [0.2, 0.25) is 6.29 Å². The second kappa shape index (κ2) is 9.81. The minimum atomic E-state index is -1.14. The van der Waals surface area contributed by atoms with Crippen molar-refractivity contribution >= 4 is 23.9 Å². The summed E-state index contributed by atoms with van der Waals surface area (Å²) in [5.74, 6) is -1.66. The van der Waals surface area contributed by atoms with Crippen molar-refractivity contribution in [1.82, 2.24) is 4.90 Å². The van der Waals surface area contributed by atoms with Crippen LogP contribution in [0.4, 0.5) is 8.78 Å². The van der Waals surface area contributed by atoms with Crippen molar-refractivity contribution in [1.29, 1.82) is 0 Å². The Balaban J connectivity index is 1.42. The summed E-state index contributed by atoms with van der Waals surface area (Å²) in [7, 11) is 0. The molecule has 0 aromatic heterocycles. The number of benzene rings is 3. The van der Waals surface area contributed by atoms with Crippen LogP contribution in [0.25, 0.3) is 0 Å². The van der Waals surface area contributed by atoms with Crippen LogP contribution in [0, 0.1) is 17.6 Å². The number of nitrogens with zero attached hydrogens (tertiary/aromatic N) is 1. The van der Waals surface area contributed by atoms with Crippen molar-refractivity contribution in [3.8, 4) is 0 Å². The molecule has 0 radical (unpaired) electrons. The summed E-state index contributed by atoms with van der Waals surface area (Å²) in [5, 5.41) is 11.6. The fourth-order valence-corrected chi connectivity index (χ4v) is 5.77. The van der Waals surface area contributed by atoms with Gasteiger partial charge >= 0.3 is 0 Å². The quantitative estimate of drug-likeness (QED) is 0.349. The van der Waals surface area contributed by atoms with E-state index in [2.05, 4.69) is 17.0 Å². The van der Waals surface area contributed by atoms with Gasteiger partial charge in [0.15, 0.2) is 12.3 Å². The summed E-state index contributed by atoms with van der Waals surface area (Å²) < 4.78 is 38.6. The first-order valence-electron chi connectivity index (χ1n) is 11.5. The van der Waals surface area contributed by atoms with E-state index >= 15 is 0 Å². The molecule has 0 amide bonds. The van der Waals surface area contributed by atoms with E-state index in [0.717, 1.165) is 35.1 Å². The monoisotopic (exact) mass is 517 g/mol. The second-order valence-electron chi connectivity index (χ2n) is 9.76. The Kier molecular flexibility index (Phi) is 6.92. The van der Waals surface area contributed by atoms with Gasteiger partial charge in [0.25, 0.3) is 0 Å². The molecular formula is C27H26ClF2NO3S. The minimum absolute atomic E-state index is 0.0269. The predicted octanol–water partition coefficient (Wildman–Crippen LogP) is 6.80. The van der Waals surface area contributed by atoms with E-state index in [4.69, 9.17) is 20.0 Å². The number of aliphatic hydroxyl groups is 1. The molecule has 2 aliphatic rings. The van der Waals surface area contributed by atoms with Crippen LogP contribution in [-0.4, -0.2) is 28.7 Å². The Morgan fingerprint density at radius 1 is 0.914 bits per heavy atom. The molecule has 4 nitrogen and oxygen atoms in total. The zero-order valence-electron chi connectivity index (χ0n) is 19.3. The predicted molar refractivity (Wildman–Crippen MR) is 133 cm³/mol. The maximum atomic E-state index is 14.0. The Bertz CT molecular complexity index is 1160. The standard InChI is InChI=1S/C27H26ClF2NO3S/c1-27(2,32)24(19-11-22(29)13-23(30)12-19)20-14-31(15-20)25(17-7-9-21(28)10-8-17)16-3-5-18(6-4-16)26-33-35-34-26/h3-13,20,24-26,32H,14-15H2,1-2H3. The van der Waals surface area contributed by atoms with Crippen molar-refractivity contribution < 1.29 is 22.3 Å². The van der Waals surface area contributed by atoms with Crippen LogP contribution < -0.4 is 0 Å². The molecule has 35 heavy (non-hydrogen) atoms. The fourth-order valence-electron chi connectivity index (χ4n) is 5.27. The number of halogens is 3. The summed E-state index contributed by atoms with van der Waals surface area (Å²) in [6.07, 6.45) is -0.351. The molecule has 0 saturated carbocycles. The molecule has 0 bridgehead atoms. The van der Waals surface area contributed by atoms with E-state index in [1.165, 1.54) is 12.1 Å². The molecule has 3 aromatic carbocycles. The summed E-state index contributed by atoms with van der Waals surface area (Å²) in [5.41, 5.74) is 2.46. The van der Waals surface area contributed by atoms with Crippen molar-refractivity contribution in [2.45, 2.75) is 37.7 Å². The Labute approximate surface area is 213 Å². The molecule has 1 N–H and O–H groups in total. The highest BCUT2D eigenvalue weighted by Crippen LogP contribution is 2.45. The van der Waals surface area contributed by atoms with Gasteiger partial charge in [0, 0.05) is 35.7 Å². The van der Waals surface area contributed by atoms with Crippen LogP contribution in [0.2, 0.25) is 5.02 Å². The highest BCUT2D eigenvalue weighted by Gasteiger charge is 2.44.